The lowest BCUT2D eigenvalue weighted by molar-refractivity contribution is -0.134. The molecule has 2 aliphatic rings. The second kappa shape index (κ2) is 6.55. The molecule has 0 atom stereocenters. The Balaban J connectivity index is 1.66. The number of carbonyl (C=O) groups excluding carboxylic acids is 3. The highest BCUT2D eigenvalue weighted by Crippen LogP contribution is 2.33. The van der Waals surface area contributed by atoms with Crippen LogP contribution in [0.15, 0.2) is 22.7 Å². The third kappa shape index (κ3) is 3.17. The van der Waals surface area contributed by atoms with Gasteiger partial charge in [0.25, 0.3) is 5.91 Å². The average molecular weight is 394 g/mol. The zero-order valence-electron chi connectivity index (χ0n) is 13.5. The molecule has 1 saturated carbocycles. The van der Waals surface area contributed by atoms with Gasteiger partial charge in [-0.05, 0) is 43.5 Å². The van der Waals surface area contributed by atoms with Crippen molar-refractivity contribution in [3.8, 4) is 0 Å². The molecule has 1 aromatic rings. The van der Waals surface area contributed by atoms with Crippen molar-refractivity contribution >= 4 is 39.5 Å². The van der Waals surface area contributed by atoms with E-state index in [0.29, 0.717) is 18.5 Å². The van der Waals surface area contributed by atoms with E-state index in [0.717, 1.165) is 34.2 Å². The predicted molar refractivity (Wildman–Crippen MR) is 93.6 cm³/mol. The van der Waals surface area contributed by atoms with Crippen molar-refractivity contribution in [1.29, 1.82) is 0 Å². The summed E-state index contributed by atoms with van der Waals surface area (Å²) in [6.45, 7) is 1.66. The van der Waals surface area contributed by atoms with E-state index in [9.17, 15) is 14.4 Å². The molecule has 0 unspecified atom stereocenters. The largest absolute Gasteiger partial charge is 0.325 e. The molecule has 7 heteroatoms. The molecule has 1 aromatic carbocycles. The van der Waals surface area contributed by atoms with Gasteiger partial charge in [0.2, 0.25) is 5.91 Å². The number of nitrogens with one attached hydrogen (secondary N) is 2. The standard InChI is InChI=1S/C17H20BrN3O3/c1-11-9-12(5-6-13(11)18)19-14(22)10-21-15(23)17(20-16(21)24)7-3-2-4-8-17/h5-6,9H,2-4,7-8,10H2,1H3,(H,19,22)(H,20,24). The second-order valence-electron chi connectivity index (χ2n) is 6.48. The lowest BCUT2D eigenvalue weighted by Gasteiger charge is -2.30. The summed E-state index contributed by atoms with van der Waals surface area (Å²) in [5, 5.41) is 5.54. The average Bonchev–Trinajstić information content (AvgIpc) is 2.76. The van der Waals surface area contributed by atoms with E-state index in [-0.39, 0.29) is 18.4 Å². The number of anilines is 1. The highest BCUT2D eigenvalue weighted by atomic mass is 79.9. The first-order chi connectivity index (χ1) is 11.4. The Hall–Kier alpha value is -1.89. The van der Waals surface area contributed by atoms with Crippen molar-refractivity contribution in [2.24, 2.45) is 0 Å². The zero-order chi connectivity index (χ0) is 17.3. The first-order valence-electron chi connectivity index (χ1n) is 8.11. The monoisotopic (exact) mass is 393 g/mol. The van der Waals surface area contributed by atoms with Gasteiger partial charge in [0.1, 0.15) is 12.1 Å². The fourth-order valence-corrected chi connectivity index (χ4v) is 3.63. The summed E-state index contributed by atoms with van der Waals surface area (Å²) in [5.41, 5.74) is 0.841. The van der Waals surface area contributed by atoms with E-state index in [4.69, 9.17) is 0 Å². The van der Waals surface area contributed by atoms with Crippen LogP contribution in [0.1, 0.15) is 37.7 Å². The molecule has 0 bridgehead atoms. The molecule has 1 aliphatic carbocycles. The second-order valence-corrected chi connectivity index (χ2v) is 7.33. The summed E-state index contributed by atoms with van der Waals surface area (Å²) in [7, 11) is 0. The lowest BCUT2D eigenvalue weighted by atomic mass is 9.82. The summed E-state index contributed by atoms with van der Waals surface area (Å²) in [5.74, 6) is -0.651. The van der Waals surface area contributed by atoms with E-state index in [2.05, 4.69) is 26.6 Å². The normalized spacial score (nSPS) is 19.5. The molecule has 2 fully saturated rings. The molecule has 6 nitrogen and oxygen atoms in total. The maximum Gasteiger partial charge on any atom is 0.325 e. The Bertz CT molecular complexity index is 698. The summed E-state index contributed by atoms with van der Waals surface area (Å²) < 4.78 is 0.953. The Morgan fingerprint density at radius 3 is 2.67 bits per heavy atom. The topological polar surface area (TPSA) is 78.5 Å². The molecule has 24 heavy (non-hydrogen) atoms. The molecule has 3 rings (SSSR count). The molecule has 4 amide bonds. The van der Waals surface area contributed by atoms with Crippen LogP contribution in [0, 0.1) is 6.92 Å². The quantitative estimate of drug-likeness (QED) is 0.774. The minimum atomic E-state index is -0.788. The minimum Gasteiger partial charge on any atom is -0.325 e. The van der Waals surface area contributed by atoms with Crippen LogP contribution >= 0.6 is 15.9 Å². The van der Waals surface area contributed by atoms with Gasteiger partial charge in [0, 0.05) is 10.2 Å². The van der Waals surface area contributed by atoms with Gasteiger partial charge < -0.3 is 10.6 Å². The first-order valence-corrected chi connectivity index (χ1v) is 8.91. The summed E-state index contributed by atoms with van der Waals surface area (Å²) >= 11 is 3.40. The van der Waals surface area contributed by atoms with Gasteiger partial charge in [-0.25, -0.2) is 4.79 Å². The van der Waals surface area contributed by atoms with Crippen LogP contribution in [-0.2, 0) is 9.59 Å². The number of carbonyl (C=O) groups is 3. The third-order valence-corrected chi connectivity index (χ3v) is 5.59. The van der Waals surface area contributed by atoms with E-state index in [1.807, 2.05) is 19.1 Å². The Morgan fingerprint density at radius 2 is 2.00 bits per heavy atom. The molecule has 1 heterocycles. The van der Waals surface area contributed by atoms with E-state index < -0.39 is 11.6 Å². The van der Waals surface area contributed by atoms with E-state index in [1.54, 1.807) is 6.07 Å². The molecule has 1 spiro atoms. The maximum atomic E-state index is 12.6. The number of benzene rings is 1. The van der Waals surface area contributed by atoms with Gasteiger partial charge in [0.15, 0.2) is 0 Å². The zero-order valence-corrected chi connectivity index (χ0v) is 15.1. The van der Waals surface area contributed by atoms with Gasteiger partial charge in [-0.2, -0.15) is 0 Å². The fraction of sp³-hybridized carbons (Fsp3) is 0.471. The maximum absolute atomic E-state index is 12.6. The van der Waals surface area contributed by atoms with Crippen LogP contribution in [0.4, 0.5) is 10.5 Å². The number of aryl methyl sites for hydroxylation is 1. The highest BCUT2D eigenvalue weighted by Gasteiger charge is 2.51. The van der Waals surface area contributed by atoms with Crippen LogP contribution < -0.4 is 10.6 Å². The smallest absolute Gasteiger partial charge is 0.325 e. The van der Waals surface area contributed by atoms with Gasteiger partial charge in [-0.15, -0.1) is 0 Å². The van der Waals surface area contributed by atoms with Crippen LogP contribution in [-0.4, -0.2) is 34.8 Å². The number of hydrogen-bond acceptors (Lipinski definition) is 3. The SMILES string of the molecule is Cc1cc(NC(=O)CN2C(=O)NC3(CCCCC3)C2=O)ccc1Br. The number of amides is 4. The minimum absolute atomic E-state index is 0.262. The lowest BCUT2D eigenvalue weighted by Crippen LogP contribution is -2.48. The number of hydrogen-bond donors (Lipinski definition) is 2. The predicted octanol–water partition coefficient (Wildman–Crippen LogP) is 2.95. The molecular formula is C17H20BrN3O3. The van der Waals surface area contributed by atoms with Crippen LogP contribution in [0.2, 0.25) is 0 Å². The van der Waals surface area contributed by atoms with Gasteiger partial charge >= 0.3 is 6.03 Å². The number of imide groups is 1. The number of urea groups is 1. The number of halogens is 1. The van der Waals surface area contributed by atoms with Gasteiger partial charge in [-0.1, -0.05) is 35.2 Å². The van der Waals surface area contributed by atoms with Crippen molar-refractivity contribution in [3.63, 3.8) is 0 Å². The fourth-order valence-electron chi connectivity index (χ4n) is 3.38. The Labute approximate surface area is 149 Å². The summed E-state index contributed by atoms with van der Waals surface area (Å²) in [6, 6.07) is 4.97. The van der Waals surface area contributed by atoms with Crippen molar-refractivity contribution in [2.45, 2.75) is 44.6 Å². The Morgan fingerprint density at radius 1 is 1.29 bits per heavy atom. The van der Waals surface area contributed by atoms with Crippen LogP contribution in [0.25, 0.3) is 0 Å². The van der Waals surface area contributed by atoms with Crippen LogP contribution in [0.3, 0.4) is 0 Å². The van der Waals surface area contributed by atoms with E-state index >= 15 is 0 Å². The van der Waals surface area contributed by atoms with Crippen LogP contribution in [0.5, 0.6) is 0 Å². The highest BCUT2D eigenvalue weighted by molar-refractivity contribution is 9.10. The van der Waals surface area contributed by atoms with Crippen molar-refractivity contribution < 1.29 is 14.4 Å². The third-order valence-electron chi connectivity index (χ3n) is 4.70. The molecular weight excluding hydrogens is 374 g/mol. The number of nitrogens with zero attached hydrogens (tertiary/aromatic N) is 1. The first kappa shape index (κ1) is 17.0. The van der Waals surface area contributed by atoms with Crippen molar-refractivity contribution in [3.05, 3.63) is 28.2 Å². The summed E-state index contributed by atoms with van der Waals surface area (Å²) in [4.78, 5) is 38.1. The molecule has 2 N–H and O–H groups in total. The van der Waals surface area contributed by atoms with E-state index in [1.165, 1.54) is 0 Å². The van der Waals surface area contributed by atoms with Crippen molar-refractivity contribution in [1.82, 2.24) is 10.2 Å². The van der Waals surface area contributed by atoms with Crippen molar-refractivity contribution in [2.75, 3.05) is 11.9 Å². The number of rotatable bonds is 3. The molecule has 0 radical (unpaired) electrons. The van der Waals surface area contributed by atoms with Gasteiger partial charge in [-0.3, -0.25) is 14.5 Å². The molecule has 0 aromatic heterocycles. The Kier molecular flexibility index (Phi) is 4.62. The molecule has 1 saturated heterocycles. The summed E-state index contributed by atoms with van der Waals surface area (Å²) in [6.07, 6.45) is 4.23. The molecule has 1 aliphatic heterocycles. The molecule has 128 valence electrons. The van der Waals surface area contributed by atoms with Gasteiger partial charge in [0.05, 0.1) is 0 Å².